The van der Waals surface area contributed by atoms with Crippen LogP contribution in [0.25, 0.3) is 0 Å². The molecule has 3 heteroatoms. The summed E-state index contributed by atoms with van der Waals surface area (Å²) in [6, 6.07) is 1.40. The maximum Gasteiger partial charge on any atom is 0.223 e. The van der Waals surface area contributed by atoms with E-state index in [4.69, 9.17) is 0 Å². The molecule has 0 aromatic rings. The van der Waals surface area contributed by atoms with Crippen molar-refractivity contribution in [3.63, 3.8) is 0 Å². The maximum atomic E-state index is 12.3. The van der Waals surface area contributed by atoms with Gasteiger partial charge in [0.25, 0.3) is 0 Å². The fourth-order valence-corrected chi connectivity index (χ4v) is 3.84. The van der Waals surface area contributed by atoms with Gasteiger partial charge in [-0.3, -0.25) is 4.79 Å². The first kappa shape index (κ1) is 12.2. The molecular weight excluding hydrogens is 224 g/mol. The molecular formula is C15H24N2O. The van der Waals surface area contributed by atoms with Crippen molar-refractivity contribution in [1.29, 1.82) is 0 Å². The largest absolute Gasteiger partial charge is 0.338 e. The molecule has 3 aliphatic heterocycles. The highest BCUT2D eigenvalue weighted by molar-refractivity contribution is 5.77. The zero-order valence-electron chi connectivity index (χ0n) is 11.3. The smallest absolute Gasteiger partial charge is 0.223 e. The topological polar surface area (TPSA) is 32.3 Å². The molecule has 0 saturated carbocycles. The molecule has 0 aliphatic carbocycles. The molecule has 0 spiro atoms. The number of rotatable bonds is 2. The van der Waals surface area contributed by atoms with Gasteiger partial charge in [-0.05, 0) is 44.9 Å². The molecule has 2 fully saturated rings. The Labute approximate surface area is 110 Å². The number of piperidine rings is 1. The molecule has 3 aliphatic rings. The Balaban J connectivity index is 1.53. The lowest BCUT2D eigenvalue weighted by molar-refractivity contribution is -0.132. The molecule has 3 rings (SSSR count). The molecule has 2 unspecified atom stereocenters. The second kappa shape index (κ2) is 5.04. The van der Waals surface area contributed by atoms with Gasteiger partial charge in [-0.1, -0.05) is 11.6 Å². The van der Waals surface area contributed by atoms with Crippen LogP contribution in [-0.4, -0.2) is 36.0 Å². The third-order valence-electron chi connectivity index (χ3n) is 4.72. The van der Waals surface area contributed by atoms with Gasteiger partial charge in [-0.2, -0.15) is 0 Å². The number of nitrogens with one attached hydrogen (secondary N) is 1. The Morgan fingerprint density at radius 2 is 2.11 bits per heavy atom. The lowest BCUT2D eigenvalue weighted by Crippen LogP contribution is -2.41. The molecule has 2 atom stereocenters. The predicted molar refractivity (Wildman–Crippen MR) is 72.2 cm³/mol. The van der Waals surface area contributed by atoms with Crippen molar-refractivity contribution in [2.24, 2.45) is 5.92 Å². The molecule has 0 aromatic carbocycles. The average Bonchev–Trinajstić information content (AvgIpc) is 2.69. The summed E-state index contributed by atoms with van der Waals surface area (Å²) in [5, 5.41) is 3.65. The first-order valence-electron chi connectivity index (χ1n) is 7.40. The van der Waals surface area contributed by atoms with Crippen LogP contribution < -0.4 is 5.32 Å². The minimum Gasteiger partial charge on any atom is -0.338 e. The Kier molecular flexibility index (Phi) is 3.42. The molecule has 18 heavy (non-hydrogen) atoms. The van der Waals surface area contributed by atoms with Crippen LogP contribution in [0.1, 0.15) is 45.4 Å². The number of carbonyl (C=O) groups excluding carboxylic acids is 1. The molecule has 2 saturated heterocycles. The van der Waals surface area contributed by atoms with Gasteiger partial charge >= 0.3 is 0 Å². The SMILES string of the molecule is CC1=CCCN(C(=O)CC2CC3CCC(C2)N3)C1. The first-order valence-corrected chi connectivity index (χ1v) is 7.40. The van der Waals surface area contributed by atoms with Crippen LogP contribution in [0.4, 0.5) is 0 Å². The number of hydrogen-bond donors (Lipinski definition) is 1. The highest BCUT2D eigenvalue weighted by Gasteiger charge is 2.34. The number of amides is 1. The van der Waals surface area contributed by atoms with E-state index in [0.29, 0.717) is 23.9 Å². The monoisotopic (exact) mass is 248 g/mol. The summed E-state index contributed by atoms with van der Waals surface area (Å²) in [5.74, 6) is 1.01. The molecule has 100 valence electrons. The number of nitrogens with zero attached hydrogens (tertiary/aromatic N) is 1. The first-order chi connectivity index (χ1) is 8.70. The van der Waals surface area contributed by atoms with Crippen LogP contribution in [0.2, 0.25) is 0 Å². The maximum absolute atomic E-state index is 12.3. The molecule has 3 heterocycles. The Morgan fingerprint density at radius 3 is 2.78 bits per heavy atom. The van der Waals surface area contributed by atoms with E-state index in [9.17, 15) is 4.79 Å². The fraction of sp³-hybridized carbons (Fsp3) is 0.800. The summed E-state index contributed by atoms with van der Waals surface area (Å²) in [6.07, 6.45) is 9.14. The summed E-state index contributed by atoms with van der Waals surface area (Å²) in [7, 11) is 0. The van der Waals surface area contributed by atoms with Crippen LogP contribution >= 0.6 is 0 Å². The summed E-state index contributed by atoms with van der Waals surface area (Å²) < 4.78 is 0. The minimum atomic E-state index is 0.383. The second-order valence-electron chi connectivity index (χ2n) is 6.33. The molecule has 0 radical (unpaired) electrons. The molecule has 2 bridgehead atoms. The predicted octanol–water partition coefficient (Wildman–Crippen LogP) is 2.09. The lowest BCUT2D eigenvalue weighted by atomic mass is 9.89. The van der Waals surface area contributed by atoms with Crippen LogP contribution in [-0.2, 0) is 4.79 Å². The van der Waals surface area contributed by atoms with Crippen molar-refractivity contribution < 1.29 is 4.79 Å². The van der Waals surface area contributed by atoms with Gasteiger partial charge in [0.2, 0.25) is 5.91 Å². The van der Waals surface area contributed by atoms with Gasteiger partial charge in [0.1, 0.15) is 0 Å². The van der Waals surface area contributed by atoms with Crippen molar-refractivity contribution in [2.75, 3.05) is 13.1 Å². The van der Waals surface area contributed by atoms with Crippen LogP contribution in [0.3, 0.4) is 0 Å². The quantitative estimate of drug-likeness (QED) is 0.759. The zero-order valence-corrected chi connectivity index (χ0v) is 11.3. The summed E-state index contributed by atoms with van der Waals surface area (Å²) in [4.78, 5) is 14.4. The van der Waals surface area contributed by atoms with E-state index < -0.39 is 0 Å². The van der Waals surface area contributed by atoms with E-state index in [2.05, 4.69) is 23.2 Å². The van der Waals surface area contributed by atoms with Crippen molar-refractivity contribution >= 4 is 5.91 Å². The summed E-state index contributed by atoms with van der Waals surface area (Å²) >= 11 is 0. The van der Waals surface area contributed by atoms with E-state index in [-0.39, 0.29) is 0 Å². The normalized spacial score (nSPS) is 35.5. The van der Waals surface area contributed by atoms with E-state index in [1.54, 1.807) is 0 Å². The third-order valence-corrected chi connectivity index (χ3v) is 4.72. The average molecular weight is 248 g/mol. The Hall–Kier alpha value is -0.830. The van der Waals surface area contributed by atoms with Crippen molar-refractivity contribution in [3.8, 4) is 0 Å². The molecule has 1 N–H and O–H groups in total. The number of carbonyl (C=O) groups is 1. The van der Waals surface area contributed by atoms with Crippen molar-refractivity contribution in [1.82, 2.24) is 10.2 Å². The van der Waals surface area contributed by atoms with Crippen molar-refractivity contribution in [3.05, 3.63) is 11.6 Å². The standard InChI is InChI=1S/C15H24N2O/c1-11-3-2-6-17(10-11)15(18)9-12-7-13-4-5-14(8-12)16-13/h3,12-14,16H,2,4-10H2,1H3. The Bertz CT molecular complexity index is 352. The third kappa shape index (κ3) is 2.61. The molecule has 1 amide bonds. The number of fused-ring (bicyclic) bond motifs is 2. The van der Waals surface area contributed by atoms with E-state index in [0.717, 1.165) is 25.9 Å². The minimum absolute atomic E-state index is 0.383. The van der Waals surface area contributed by atoms with Gasteiger partial charge in [-0.25, -0.2) is 0 Å². The Morgan fingerprint density at radius 1 is 1.39 bits per heavy atom. The van der Waals surface area contributed by atoms with E-state index >= 15 is 0 Å². The highest BCUT2D eigenvalue weighted by atomic mass is 16.2. The second-order valence-corrected chi connectivity index (χ2v) is 6.33. The van der Waals surface area contributed by atoms with Crippen LogP contribution in [0.15, 0.2) is 11.6 Å². The van der Waals surface area contributed by atoms with E-state index in [1.165, 1.54) is 31.3 Å². The van der Waals surface area contributed by atoms with Crippen LogP contribution in [0, 0.1) is 5.92 Å². The van der Waals surface area contributed by atoms with Crippen LogP contribution in [0.5, 0.6) is 0 Å². The van der Waals surface area contributed by atoms with E-state index in [1.807, 2.05) is 0 Å². The highest BCUT2D eigenvalue weighted by Crippen LogP contribution is 2.33. The summed E-state index contributed by atoms with van der Waals surface area (Å²) in [5.41, 5.74) is 1.35. The lowest BCUT2D eigenvalue weighted by Gasteiger charge is -2.32. The van der Waals surface area contributed by atoms with Crippen molar-refractivity contribution in [2.45, 2.75) is 57.5 Å². The molecule has 3 nitrogen and oxygen atoms in total. The molecule has 0 aromatic heterocycles. The van der Waals surface area contributed by atoms with Gasteiger partial charge in [-0.15, -0.1) is 0 Å². The zero-order chi connectivity index (χ0) is 12.5. The van der Waals surface area contributed by atoms with Gasteiger partial charge < -0.3 is 10.2 Å². The van der Waals surface area contributed by atoms with Gasteiger partial charge in [0, 0.05) is 31.6 Å². The summed E-state index contributed by atoms with van der Waals surface area (Å²) in [6.45, 7) is 3.91. The van der Waals surface area contributed by atoms with Gasteiger partial charge in [0.15, 0.2) is 0 Å². The van der Waals surface area contributed by atoms with Gasteiger partial charge in [0.05, 0.1) is 0 Å². The number of hydrogen-bond acceptors (Lipinski definition) is 2. The fourth-order valence-electron chi connectivity index (χ4n) is 3.84.